The summed E-state index contributed by atoms with van der Waals surface area (Å²) in [6, 6.07) is 3.94. The molecule has 0 bridgehead atoms. The van der Waals surface area contributed by atoms with Crippen molar-refractivity contribution >= 4 is 17.2 Å². The van der Waals surface area contributed by atoms with E-state index in [4.69, 9.17) is 9.84 Å². The Morgan fingerprint density at radius 3 is 2.86 bits per heavy atom. The average Bonchev–Trinajstić information content (AvgIpc) is 2.95. The van der Waals surface area contributed by atoms with Gasteiger partial charge < -0.3 is 14.7 Å². The van der Waals surface area contributed by atoms with Gasteiger partial charge in [0.2, 0.25) is 0 Å². The quantitative estimate of drug-likeness (QED) is 0.930. The molecule has 122 valence electrons. The predicted molar refractivity (Wildman–Crippen MR) is 87.3 cm³/mol. The number of piperidine rings is 1. The van der Waals surface area contributed by atoms with Crippen LogP contribution >= 0.6 is 11.3 Å². The first kappa shape index (κ1) is 16.0. The van der Waals surface area contributed by atoms with Crippen LogP contribution in [0.25, 0.3) is 0 Å². The summed E-state index contributed by atoms with van der Waals surface area (Å²) < 4.78 is 6.10. The lowest BCUT2D eigenvalue weighted by atomic mass is 9.78. The van der Waals surface area contributed by atoms with Crippen LogP contribution in [-0.2, 0) is 4.74 Å². The maximum atomic E-state index is 12.5. The summed E-state index contributed by atoms with van der Waals surface area (Å²) in [7, 11) is 0. The van der Waals surface area contributed by atoms with Crippen molar-refractivity contribution in [1.82, 2.24) is 4.90 Å². The van der Waals surface area contributed by atoms with E-state index in [9.17, 15) is 4.79 Å². The zero-order valence-electron chi connectivity index (χ0n) is 13.2. The number of rotatable bonds is 3. The lowest BCUT2D eigenvalue weighted by Gasteiger charge is -2.46. The molecule has 0 radical (unpaired) electrons. The summed E-state index contributed by atoms with van der Waals surface area (Å²) in [6.07, 6.45) is 4.81. The number of aryl methyl sites for hydroxylation is 1. The van der Waals surface area contributed by atoms with E-state index in [1.807, 2.05) is 24.0 Å². The highest BCUT2D eigenvalue weighted by atomic mass is 32.1. The van der Waals surface area contributed by atoms with Crippen molar-refractivity contribution in [3.05, 3.63) is 21.9 Å². The molecule has 0 saturated carbocycles. The summed E-state index contributed by atoms with van der Waals surface area (Å²) in [6.45, 7) is 4.65. The Kier molecular flexibility index (Phi) is 4.85. The zero-order valence-corrected chi connectivity index (χ0v) is 14.0. The van der Waals surface area contributed by atoms with Gasteiger partial charge in [-0.15, -0.1) is 11.3 Å². The maximum Gasteiger partial charge on any atom is 0.263 e. The van der Waals surface area contributed by atoms with Gasteiger partial charge in [-0.25, -0.2) is 0 Å². The van der Waals surface area contributed by atoms with E-state index in [2.05, 4.69) is 0 Å². The van der Waals surface area contributed by atoms with Crippen LogP contribution < -0.4 is 0 Å². The number of amides is 1. The highest BCUT2D eigenvalue weighted by molar-refractivity contribution is 7.13. The molecule has 22 heavy (non-hydrogen) atoms. The van der Waals surface area contributed by atoms with E-state index >= 15 is 0 Å². The molecular weight excluding hydrogens is 298 g/mol. The Hall–Kier alpha value is -0.910. The lowest BCUT2D eigenvalue weighted by Crippen LogP contribution is -2.50. The molecule has 1 spiro atoms. The molecule has 1 atom stereocenters. The van der Waals surface area contributed by atoms with Crippen molar-refractivity contribution in [2.24, 2.45) is 5.92 Å². The van der Waals surface area contributed by atoms with E-state index < -0.39 is 0 Å². The molecule has 0 aromatic carbocycles. The van der Waals surface area contributed by atoms with Crippen LogP contribution in [-0.4, -0.2) is 47.8 Å². The van der Waals surface area contributed by atoms with Crippen molar-refractivity contribution < 1.29 is 14.6 Å². The van der Waals surface area contributed by atoms with Gasteiger partial charge in [-0.1, -0.05) is 0 Å². The molecule has 2 fully saturated rings. The second-order valence-electron chi connectivity index (χ2n) is 6.61. The summed E-state index contributed by atoms with van der Waals surface area (Å²) in [5.74, 6) is 0.733. The Morgan fingerprint density at radius 2 is 2.23 bits per heavy atom. The maximum absolute atomic E-state index is 12.5. The fourth-order valence-electron chi connectivity index (χ4n) is 3.73. The Bertz CT molecular complexity index is 518. The molecule has 1 aromatic heterocycles. The molecule has 1 N–H and O–H groups in total. The number of aliphatic hydroxyl groups is 1. The first-order chi connectivity index (χ1) is 10.6. The van der Waals surface area contributed by atoms with E-state index in [1.165, 1.54) is 4.88 Å². The minimum Gasteiger partial charge on any atom is -0.396 e. The number of carbonyl (C=O) groups is 1. The molecule has 2 aliphatic heterocycles. The largest absolute Gasteiger partial charge is 0.396 e. The van der Waals surface area contributed by atoms with Gasteiger partial charge in [0.25, 0.3) is 5.91 Å². The van der Waals surface area contributed by atoms with E-state index in [1.54, 1.807) is 11.3 Å². The fourth-order valence-corrected chi connectivity index (χ4v) is 4.56. The Morgan fingerprint density at radius 1 is 1.45 bits per heavy atom. The predicted octanol–water partition coefficient (Wildman–Crippen LogP) is 2.84. The van der Waals surface area contributed by atoms with Crippen LogP contribution in [0.1, 0.15) is 46.7 Å². The molecule has 3 rings (SSSR count). The van der Waals surface area contributed by atoms with Gasteiger partial charge in [0.1, 0.15) is 0 Å². The van der Waals surface area contributed by atoms with Crippen LogP contribution in [0, 0.1) is 12.8 Å². The van der Waals surface area contributed by atoms with Crippen LogP contribution in [0.4, 0.5) is 0 Å². The summed E-state index contributed by atoms with van der Waals surface area (Å²) in [5.41, 5.74) is -0.0553. The van der Waals surface area contributed by atoms with Gasteiger partial charge in [0, 0.05) is 31.2 Å². The molecule has 1 amide bonds. The smallest absolute Gasteiger partial charge is 0.263 e. The monoisotopic (exact) mass is 323 g/mol. The van der Waals surface area contributed by atoms with Gasteiger partial charge in [-0.3, -0.25) is 4.79 Å². The molecular formula is C17H25NO3S. The fraction of sp³-hybridized carbons (Fsp3) is 0.706. The minimum atomic E-state index is -0.0553. The van der Waals surface area contributed by atoms with Gasteiger partial charge >= 0.3 is 0 Å². The summed E-state index contributed by atoms with van der Waals surface area (Å²) in [5, 5.41) is 9.16. The molecule has 4 nitrogen and oxygen atoms in total. The van der Waals surface area contributed by atoms with Crippen LogP contribution in [0.2, 0.25) is 0 Å². The van der Waals surface area contributed by atoms with Crippen LogP contribution in [0.15, 0.2) is 12.1 Å². The minimum absolute atomic E-state index is 0.0553. The Balaban J connectivity index is 1.59. The standard InChI is InChI=1S/C17H25NO3S/c1-13-2-3-15(22-13)16(20)18-8-6-17(7-9-18)12-14(4-10-19)5-11-21-17/h2-3,14,19H,4-12H2,1H3. The third-order valence-corrected chi connectivity index (χ3v) is 6.03. The number of nitrogens with zero attached hydrogens (tertiary/aromatic N) is 1. The van der Waals surface area contributed by atoms with Gasteiger partial charge in [0.05, 0.1) is 10.5 Å². The van der Waals surface area contributed by atoms with E-state index in [-0.39, 0.29) is 18.1 Å². The number of carbonyl (C=O) groups excluding carboxylic acids is 1. The second kappa shape index (κ2) is 6.69. The lowest BCUT2D eigenvalue weighted by molar-refractivity contribution is -0.125. The topological polar surface area (TPSA) is 49.8 Å². The van der Waals surface area contributed by atoms with Crippen molar-refractivity contribution in [3.8, 4) is 0 Å². The number of aliphatic hydroxyl groups excluding tert-OH is 1. The summed E-state index contributed by atoms with van der Waals surface area (Å²) >= 11 is 1.57. The third-order valence-electron chi connectivity index (χ3n) is 5.05. The normalized spacial score (nSPS) is 24.6. The van der Waals surface area contributed by atoms with E-state index in [0.717, 1.165) is 56.7 Å². The zero-order chi connectivity index (χ0) is 15.6. The van der Waals surface area contributed by atoms with Gasteiger partial charge in [-0.2, -0.15) is 0 Å². The number of hydrogen-bond acceptors (Lipinski definition) is 4. The molecule has 5 heteroatoms. The average molecular weight is 323 g/mol. The number of ether oxygens (including phenoxy) is 1. The highest BCUT2D eigenvalue weighted by Gasteiger charge is 2.41. The van der Waals surface area contributed by atoms with Crippen molar-refractivity contribution in [3.63, 3.8) is 0 Å². The molecule has 0 aliphatic carbocycles. The number of likely N-dealkylation sites (tertiary alicyclic amines) is 1. The van der Waals surface area contributed by atoms with Crippen molar-refractivity contribution in [1.29, 1.82) is 0 Å². The molecule has 3 heterocycles. The molecule has 2 saturated heterocycles. The number of thiophene rings is 1. The van der Waals surface area contributed by atoms with Crippen molar-refractivity contribution in [2.45, 2.75) is 44.6 Å². The van der Waals surface area contributed by atoms with Crippen LogP contribution in [0.3, 0.4) is 0 Å². The van der Waals surface area contributed by atoms with Gasteiger partial charge in [0.15, 0.2) is 0 Å². The van der Waals surface area contributed by atoms with Crippen LogP contribution in [0.5, 0.6) is 0 Å². The van der Waals surface area contributed by atoms with Crippen molar-refractivity contribution in [2.75, 3.05) is 26.3 Å². The molecule has 1 unspecified atom stereocenters. The third kappa shape index (κ3) is 3.36. The Labute approximate surface area is 136 Å². The number of hydrogen-bond donors (Lipinski definition) is 1. The van der Waals surface area contributed by atoms with E-state index in [0.29, 0.717) is 5.92 Å². The summed E-state index contributed by atoms with van der Waals surface area (Å²) in [4.78, 5) is 16.5. The first-order valence-corrected chi connectivity index (χ1v) is 9.04. The highest BCUT2D eigenvalue weighted by Crippen LogP contribution is 2.39. The molecule has 1 aromatic rings. The second-order valence-corrected chi connectivity index (χ2v) is 7.89. The van der Waals surface area contributed by atoms with Gasteiger partial charge in [-0.05, 0) is 57.1 Å². The molecule has 2 aliphatic rings. The first-order valence-electron chi connectivity index (χ1n) is 8.22. The SMILES string of the molecule is Cc1ccc(C(=O)N2CCC3(CC2)CC(CCO)CCO3)s1.